The molecule has 1 aromatic carbocycles. The molecule has 0 fully saturated rings. The summed E-state index contributed by atoms with van der Waals surface area (Å²) in [6, 6.07) is 4.81. The predicted molar refractivity (Wildman–Crippen MR) is 97.4 cm³/mol. The largest absolute Gasteiger partial charge is 0.495 e. The third kappa shape index (κ3) is 5.85. The van der Waals surface area contributed by atoms with Crippen molar-refractivity contribution in [3.8, 4) is 5.75 Å². The molecule has 0 unspecified atom stereocenters. The lowest BCUT2D eigenvalue weighted by atomic mass is 10.2. The number of aryl methyl sites for hydroxylation is 1. The fraction of sp³-hybridized carbons (Fsp3) is 0.294. The molecular formula is C17H19N3O5S. The van der Waals surface area contributed by atoms with Gasteiger partial charge >= 0.3 is 5.97 Å². The number of hydrogen-bond acceptors (Lipinski definition) is 7. The molecule has 2 aromatic rings. The zero-order chi connectivity index (χ0) is 19.1. The third-order valence-corrected chi connectivity index (χ3v) is 3.97. The first kappa shape index (κ1) is 19.4. The van der Waals surface area contributed by atoms with Gasteiger partial charge in [0.2, 0.25) is 5.91 Å². The van der Waals surface area contributed by atoms with E-state index >= 15 is 0 Å². The van der Waals surface area contributed by atoms with E-state index in [1.807, 2.05) is 6.92 Å². The van der Waals surface area contributed by atoms with Gasteiger partial charge in [-0.05, 0) is 25.1 Å². The Morgan fingerprint density at radius 2 is 2.00 bits per heavy atom. The number of rotatable bonds is 7. The molecule has 0 aliphatic heterocycles. The van der Waals surface area contributed by atoms with Gasteiger partial charge in [0, 0.05) is 18.0 Å². The van der Waals surface area contributed by atoms with Gasteiger partial charge in [-0.3, -0.25) is 14.4 Å². The Kier molecular flexibility index (Phi) is 6.67. The molecule has 2 N–H and O–H groups in total. The normalized spacial score (nSPS) is 10.1. The minimum absolute atomic E-state index is 0.0129. The van der Waals surface area contributed by atoms with E-state index in [2.05, 4.69) is 15.6 Å². The topological polar surface area (TPSA) is 107 Å². The second kappa shape index (κ2) is 8.95. The zero-order valence-corrected chi connectivity index (χ0v) is 15.4. The number of benzene rings is 1. The van der Waals surface area contributed by atoms with Crippen LogP contribution in [0.4, 0.5) is 11.4 Å². The van der Waals surface area contributed by atoms with E-state index in [0.29, 0.717) is 22.8 Å². The van der Waals surface area contributed by atoms with Crippen molar-refractivity contribution in [2.45, 2.75) is 20.3 Å². The van der Waals surface area contributed by atoms with Crippen molar-refractivity contribution in [2.75, 3.05) is 24.4 Å². The van der Waals surface area contributed by atoms with E-state index in [9.17, 15) is 14.4 Å². The molecule has 0 spiro atoms. The highest BCUT2D eigenvalue weighted by Crippen LogP contribution is 2.27. The Balaban J connectivity index is 1.91. The molecule has 0 bridgehead atoms. The van der Waals surface area contributed by atoms with Crippen molar-refractivity contribution >= 4 is 40.5 Å². The fourth-order valence-corrected chi connectivity index (χ4v) is 2.72. The number of nitrogens with zero attached hydrogens (tertiary/aromatic N) is 1. The second-order valence-electron chi connectivity index (χ2n) is 5.34. The Bertz CT molecular complexity index is 818. The first-order valence-electron chi connectivity index (χ1n) is 7.69. The molecule has 138 valence electrons. The van der Waals surface area contributed by atoms with E-state index in [1.54, 1.807) is 23.6 Å². The maximum Gasteiger partial charge on any atom is 0.312 e. The summed E-state index contributed by atoms with van der Waals surface area (Å²) >= 11 is 1.44. The lowest BCUT2D eigenvalue weighted by Gasteiger charge is -2.12. The number of thiazole rings is 1. The van der Waals surface area contributed by atoms with Crippen molar-refractivity contribution in [1.29, 1.82) is 0 Å². The van der Waals surface area contributed by atoms with Crippen LogP contribution < -0.4 is 15.4 Å². The highest BCUT2D eigenvalue weighted by Gasteiger charge is 2.13. The zero-order valence-electron chi connectivity index (χ0n) is 14.6. The summed E-state index contributed by atoms with van der Waals surface area (Å²) in [6.07, 6.45) is 0.0129. The van der Waals surface area contributed by atoms with Crippen LogP contribution in [0.1, 0.15) is 17.6 Å². The SMILES string of the molecule is COc1ccc(NC(C)=O)cc1NC(=O)COC(=O)Cc1csc(C)n1. The monoisotopic (exact) mass is 377 g/mol. The number of methoxy groups -OCH3 is 1. The number of anilines is 2. The molecule has 8 nitrogen and oxygen atoms in total. The summed E-state index contributed by atoms with van der Waals surface area (Å²) in [4.78, 5) is 39.1. The highest BCUT2D eigenvalue weighted by atomic mass is 32.1. The molecule has 26 heavy (non-hydrogen) atoms. The number of carbonyl (C=O) groups excluding carboxylic acids is 3. The predicted octanol–water partition coefficient (Wildman–Crippen LogP) is 2.14. The number of hydrogen-bond donors (Lipinski definition) is 2. The Labute approximate surface area is 154 Å². The van der Waals surface area contributed by atoms with Crippen molar-refractivity contribution in [1.82, 2.24) is 4.98 Å². The van der Waals surface area contributed by atoms with Crippen LogP contribution in [0.2, 0.25) is 0 Å². The molecule has 9 heteroatoms. The van der Waals surface area contributed by atoms with E-state index < -0.39 is 18.5 Å². The number of carbonyl (C=O) groups is 3. The second-order valence-corrected chi connectivity index (χ2v) is 6.40. The van der Waals surface area contributed by atoms with Crippen LogP contribution in [0.15, 0.2) is 23.6 Å². The van der Waals surface area contributed by atoms with Gasteiger partial charge in [0.25, 0.3) is 5.91 Å². The summed E-state index contributed by atoms with van der Waals surface area (Å²) < 4.78 is 10.1. The van der Waals surface area contributed by atoms with Crippen LogP contribution in [0, 0.1) is 6.92 Å². The number of nitrogens with one attached hydrogen (secondary N) is 2. The third-order valence-electron chi connectivity index (χ3n) is 3.15. The van der Waals surface area contributed by atoms with Crippen LogP contribution in [0.5, 0.6) is 5.75 Å². The first-order valence-corrected chi connectivity index (χ1v) is 8.57. The van der Waals surface area contributed by atoms with Gasteiger partial charge < -0.3 is 20.1 Å². The standard InChI is InChI=1S/C17H19N3O5S/c1-10(21)18-12-4-5-15(24-3)14(6-12)20-16(22)8-25-17(23)7-13-9-26-11(2)19-13/h4-6,9H,7-8H2,1-3H3,(H,18,21)(H,20,22). The minimum atomic E-state index is -0.538. The first-order chi connectivity index (χ1) is 12.4. The molecular weight excluding hydrogens is 358 g/mol. The molecule has 1 aromatic heterocycles. The average Bonchev–Trinajstić information content (AvgIpc) is 2.97. The molecule has 0 atom stereocenters. The summed E-state index contributed by atoms with van der Waals surface area (Å²) in [6.45, 7) is 2.79. The summed E-state index contributed by atoms with van der Waals surface area (Å²) in [5, 5.41) is 7.84. The molecule has 2 rings (SSSR count). The highest BCUT2D eigenvalue weighted by molar-refractivity contribution is 7.09. The Morgan fingerprint density at radius 1 is 1.23 bits per heavy atom. The summed E-state index contributed by atoms with van der Waals surface area (Å²) in [5.41, 5.74) is 1.47. The van der Waals surface area contributed by atoms with Crippen LogP contribution in [-0.2, 0) is 25.5 Å². The van der Waals surface area contributed by atoms with Crippen molar-refractivity contribution in [3.63, 3.8) is 0 Å². The van der Waals surface area contributed by atoms with Gasteiger partial charge in [-0.1, -0.05) is 0 Å². The van der Waals surface area contributed by atoms with Gasteiger partial charge in [-0.2, -0.15) is 0 Å². The lowest BCUT2D eigenvalue weighted by Crippen LogP contribution is -2.22. The summed E-state index contributed by atoms with van der Waals surface area (Å²) in [7, 11) is 1.46. The van der Waals surface area contributed by atoms with E-state index in [-0.39, 0.29) is 12.3 Å². The molecule has 2 amide bonds. The smallest absolute Gasteiger partial charge is 0.312 e. The average molecular weight is 377 g/mol. The molecule has 0 saturated heterocycles. The van der Waals surface area contributed by atoms with Gasteiger partial charge in [0.05, 0.1) is 29.9 Å². The van der Waals surface area contributed by atoms with Crippen molar-refractivity contribution in [2.24, 2.45) is 0 Å². The number of esters is 1. The van der Waals surface area contributed by atoms with Crippen LogP contribution in [-0.4, -0.2) is 36.5 Å². The van der Waals surface area contributed by atoms with Crippen LogP contribution in [0.3, 0.4) is 0 Å². The molecule has 0 aliphatic carbocycles. The van der Waals surface area contributed by atoms with Gasteiger partial charge in [-0.25, -0.2) is 4.98 Å². The van der Waals surface area contributed by atoms with E-state index in [0.717, 1.165) is 5.01 Å². The lowest BCUT2D eigenvalue weighted by molar-refractivity contribution is -0.146. The van der Waals surface area contributed by atoms with Crippen molar-refractivity contribution in [3.05, 3.63) is 34.3 Å². The Morgan fingerprint density at radius 3 is 2.62 bits per heavy atom. The molecule has 0 aliphatic rings. The van der Waals surface area contributed by atoms with Crippen molar-refractivity contribution < 1.29 is 23.9 Å². The number of amides is 2. The van der Waals surface area contributed by atoms with E-state index in [1.165, 1.54) is 25.4 Å². The number of ether oxygens (including phenoxy) is 2. The molecule has 1 heterocycles. The Hall–Kier alpha value is -2.94. The van der Waals surface area contributed by atoms with Gasteiger partial charge in [0.15, 0.2) is 6.61 Å². The quantitative estimate of drug-likeness (QED) is 0.716. The van der Waals surface area contributed by atoms with Crippen LogP contribution in [0.25, 0.3) is 0 Å². The van der Waals surface area contributed by atoms with Gasteiger partial charge in [0.1, 0.15) is 5.75 Å². The van der Waals surface area contributed by atoms with E-state index in [4.69, 9.17) is 9.47 Å². The summed E-state index contributed by atoms with van der Waals surface area (Å²) in [5.74, 6) is -0.883. The minimum Gasteiger partial charge on any atom is -0.495 e. The fourth-order valence-electron chi connectivity index (χ4n) is 2.11. The molecule has 0 saturated carbocycles. The number of aromatic nitrogens is 1. The maximum atomic E-state index is 12.0. The van der Waals surface area contributed by atoms with Crippen LogP contribution >= 0.6 is 11.3 Å². The maximum absolute atomic E-state index is 12.0. The molecule has 0 radical (unpaired) electrons. The van der Waals surface area contributed by atoms with Gasteiger partial charge in [-0.15, -0.1) is 11.3 Å².